The Balaban J connectivity index is 1.95. The van der Waals surface area contributed by atoms with Crippen molar-refractivity contribution in [3.8, 4) is 0 Å². The van der Waals surface area contributed by atoms with Gasteiger partial charge in [0.1, 0.15) is 6.17 Å². The second kappa shape index (κ2) is 5.24. The Kier molecular flexibility index (Phi) is 3.42. The molecule has 0 aromatic heterocycles. The number of hydrogen-bond donors (Lipinski definition) is 1. The average Bonchev–Trinajstić information content (AvgIpc) is 2.51. The molecule has 0 spiro atoms. The standard InChI is InChI=1S/C18H20N2O/c1-12(2)13-8-10-14(11-9-13)17-19-16-7-5-4-6-15(16)18(21)20(17)3/h4-12,17,19H,1-3H3. The van der Waals surface area contributed by atoms with Crippen molar-refractivity contribution >= 4 is 11.6 Å². The van der Waals surface area contributed by atoms with Gasteiger partial charge in [0, 0.05) is 12.7 Å². The number of nitrogens with zero attached hydrogens (tertiary/aromatic N) is 1. The molecule has 0 radical (unpaired) electrons. The monoisotopic (exact) mass is 280 g/mol. The molecule has 1 unspecified atom stereocenters. The highest BCUT2D eigenvalue weighted by Gasteiger charge is 2.29. The Labute approximate surface area is 125 Å². The van der Waals surface area contributed by atoms with Crippen LogP contribution in [0.5, 0.6) is 0 Å². The molecule has 3 nitrogen and oxygen atoms in total. The average molecular weight is 280 g/mol. The molecule has 3 rings (SSSR count). The van der Waals surface area contributed by atoms with E-state index in [1.54, 1.807) is 4.90 Å². The third-order valence-electron chi connectivity index (χ3n) is 4.08. The molecule has 108 valence electrons. The topological polar surface area (TPSA) is 32.3 Å². The smallest absolute Gasteiger partial charge is 0.257 e. The van der Waals surface area contributed by atoms with Gasteiger partial charge in [-0.3, -0.25) is 4.79 Å². The summed E-state index contributed by atoms with van der Waals surface area (Å²) in [6.07, 6.45) is -0.117. The summed E-state index contributed by atoms with van der Waals surface area (Å²) in [5.74, 6) is 0.570. The molecule has 0 saturated carbocycles. The molecule has 1 aliphatic heterocycles. The summed E-state index contributed by atoms with van der Waals surface area (Å²) in [7, 11) is 1.84. The highest BCUT2D eigenvalue weighted by atomic mass is 16.2. The van der Waals surface area contributed by atoms with Gasteiger partial charge in [-0.15, -0.1) is 0 Å². The molecule has 1 heterocycles. The van der Waals surface area contributed by atoms with Gasteiger partial charge in [-0.2, -0.15) is 0 Å². The van der Waals surface area contributed by atoms with Crippen LogP contribution in [0.15, 0.2) is 48.5 Å². The first kappa shape index (κ1) is 13.7. The van der Waals surface area contributed by atoms with Crippen molar-refractivity contribution in [2.24, 2.45) is 0 Å². The molecular weight excluding hydrogens is 260 g/mol. The predicted octanol–water partition coefficient (Wildman–Crippen LogP) is 4.01. The zero-order chi connectivity index (χ0) is 15.0. The van der Waals surface area contributed by atoms with Crippen molar-refractivity contribution < 1.29 is 4.79 Å². The molecule has 1 atom stereocenters. The van der Waals surface area contributed by atoms with E-state index in [9.17, 15) is 4.79 Å². The first-order valence-electron chi connectivity index (χ1n) is 7.30. The Morgan fingerprint density at radius 3 is 2.38 bits per heavy atom. The number of anilines is 1. The van der Waals surface area contributed by atoms with Gasteiger partial charge in [0.25, 0.3) is 5.91 Å². The molecule has 0 fully saturated rings. The van der Waals surface area contributed by atoms with Gasteiger partial charge in [0.2, 0.25) is 0 Å². The van der Waals surface area contributed by atoms with E-state index < -0.39 is 0 Å². The fourth-order valence-corrected chi connectivity index (χ4v) is 2.72. The number of benzene rings is 2. The number of fused-ring (bicyclic) bond motifs is 1. The van der Waals surface area contributed by atoms with Crippen LogP contribution in [0.4, 0.5) is 5.69 Å². The SMILES string of the molecule is CC(C)c1ccc(C2Nc3ccccc3C(=O)N2C)cc1. The summed E-state index contributed by atoms with van der Waals surface area (Å²) in [5.41, 5.74) is 4.04. The fourth-order valence-electron chi connectivity index (χ4n) is 2.72. The van der Waals surface area contributed by atoms with Crippen molar-refractivity contribution in [3.05, 3.63) is 65.2 Å². The highest BCUT2D eigenvalue weighted by Crippen LogP contribution is 2.32. The molecule has 1 amide bonds. The molecule has 1 N–H and O–H groups in total. The first-order chi connectivity index (χ1) is 10.1. The number of para-hydroxylation sites is 1. The van der Waals surface area contributed by atoms with E-state index in [0.29, 0.717) is 5.92 Å². The summed E-state index contributed by atoms with van der Waals surface area (Å²) in [6.45, 7) is 4.36. The Morgan fingerprint density at radius 2 is 1.71 bits per heavy atom. The molecule has 2 aromatic rings. The van der Waals surface area contributed by atoms with E-state index in [-0.39, 0.29) is 12.1 Å². The zero-order valence-electron chi connectivity index (χ0n) is 12.6. The molecule has 1 aliphatic rings. The molecule has 3 heteroatoms. The lowest BCUT2D eigenvalue weighted by atomic mass is 9.99. The van der Waals surface area contributed by atoms with Crippen molar-refractivity contribution in [2.75, 3.05) is 12.4 Å². The van der Waals surface area contributed by atoms with Gasteiger partial charge in [0.15, 0.2) is 0 Å². The fraction of sp³-hybridized carbons (Fsp3) is 0.278. The van der Waals surface area contributed by atoms with Crippen LogP contribution >= 0.6 is 0 Å². The van der Waals surface area contributed by atoms with E-state index in [0.717, 1.165) is 16.8 Å². The summed E-state index contributed by atoms with van der Waals surface area (Å²) in [6, 6.07) is 16.1. The van der Waals surface area contributed by atoms with Gasteiger partial charge in [-0.1, -0.05) is 50.2 Å². The second-order valence-corrected chi connectivity index (χ2v) is 5.83. The van der Waals surface area contributed by atoms with Crippen molar-refractivity contribution in [1.29, 1.82) is 0 Å². The maximum absolute atomic E-state index is 12.5. The summed E-state index contributed by atoms with van der Waals surface area (Å²) >= 11 is 0. The van der Waals surface area contributed by atoms with E-state index in [1.165, 1.54) is 5.56 Å². The van der Waals surface area contributed by atoms with Crippen LogP contribution in [-0.4, -0.2) is 17.9 Å². The molecule has 21 heavy (non-hydrogen) atoms. The van der Waals surface area contributed by atoms with Crippen molar-refractivity contribution in [2.45, 2.75) is 25.9 Å². The molecule has 0 saturated heterocycles. The summed E-state index contributed by atoms with van der Waals surface area (Å²) in [4.78, 5) is 14.2. The minimum Gasteiger partial charge on any atom is -0.361 e. The van der Waals surface area contributed by atoms with Gasteiger partial charge in [-0.05, 0) is 29.2 Å². The molecule has 0 bridgehead atoms. The van der Waals surface area contributed by atoms with Crippen LogP contribution in [-0.2, 0) is 0 Å². The number of carbonyl (C=O) groups excluding carboxylic acids is 1. The number of rotatable bonds is 2. The lowest BCUT2D eigenvalue weighted by molar-refractivity contribution is 0.0735. The second-order valence-electron chi connectivity index (χ2n) is 5.83. The van der Waals surface area contributed by atoms with Gasteiger partial charge < -0.3 is 10.2 Å². The first-order valence-corrected chi connectivity index (χ1v) is 7.30. The number of nitrogens with one attached hydrogen (secondary N) is 1. The van der Waals surface area contributed by atoms with Crippen LogP contribution in [0.2, 0.25) is 0 Å². The van der Waals surface area contributed by atoms with Crippen LogP contribution in [0.1, 0.15) is 47.4 Å². The van der Waals surface area contributed by atoms with E-state index in [4.69, 9.17) is 0 Å². The molecule has 0 aliphatic carbocycles. The minimum atomic E-state index is -0.117. The molecule has 2 aromatic carbocycles. The predicted molar refractivity (Wildman–Crippen MR) is 85.4 cm³/mol. The number of amides is 1. The van der Waals surface area contributed by atoms with Crippen molar-refractivity contribution in [1.82, 2.24) is 4.90 Å². The maximum Gasteiger partial charge on any atom is 0.257 e. The lowest BCUT2D eigenvalue weighted by Gasteiger charge is -2.35. The minimum absolute atomic E-state index is 0.0577. The molecular formula is C18H20N2O. The quantitative estimate of drug-likeness (QED) is 0.901. The van der Waals surface area contributed by atoms with Crippen molar-refractivity contribution in [3.63, 3.8) is 0 Å². The van der Waals surface area contributed by atoms with Gasteiger partial charge in [0.05, 0.1) is 5.56 Å². The normalized spacial score (nSPS) is 17.6. The Hall–Kier alpha value is -2.29. The number of hydrogen-bond acceptors (Lipinski definition) is 2. The van der Waals surface area contributed by atoms with Gasteiger partial charge in [-0.25, -0.2) is 0 Å². The van der Waals surface area contributed by atoms with Crippen LogP contribution in [0.25, 0.3) is 0 Å². The van der Waals surface area contributed by atoms with E-state index >= 15 is 0 Å². The maximum atomic E-state index is 12.5. The van der Waals surface area contributed by atoms with Crippen LogP contribution in [0.3, 0.4) is 0 Å². The third kappa shape index (κ3) is 2.40. The van der Waals surface area contributed by atoms with E-state index in [1.807, 2.05) is 31.3 Å². The summed E-state index contributed by atoms with van der Waals surface area (Å²) < 4.78 is 0. The zero-order valence-corrected chi connectivity index (χ0v) is 12.6. The van der Waals surface area contributed by atoms with Crippen LogP contribution < -0.4 is 5.32 Å². The Morgan fingerprint density at radius 1 is 1.05 bits per heavy atom. The van der Waals surface area contributed by atoms with E-state index in [2.05, 4.69) is 43.4 Å². The number of carbonyl (C=O) groups is 1. The third-order valence-corrected chi connectivity index (χ3v) is 4.08. The van der Waals surface area contributed by atoms with Crippen LogP contribution in [0, 0.1) is 0 Å². The largest absolute Gasteiger partial charge is 0.361 e. The lowest BCUT2D eigenvalue weighted by Crippen LogP contribution is -2.40. The summed E-state index contributed by atoms with van der Waals surface area (Å²) in [5, 5.41) is 3.45. The Bertz CT molecular complexity index is 661. The highest BCUT2D eigenvalue weighted by molar-refractivity contribution is 6.01. The van der Waals surface area contributed by atoms with Gasteiger partial charge >= 0.3 is 0 Å².